The molecule has 13 heavy (non-hydrogen) atoms. The van der Waals surface area contributed by atoms with Crippen LogP contribution in [0.25, 0.3) is 0 Å². The van der Waals surface area contributed by atoms with E-state index in [-0.39, 0.29) is 17.9 Å². The summed E-state index contributed by atoms with van der Waals surface area (Å²) < 4.78 is 4.99. The largest absolute Gasteiger partial charge is 0.383 e. The Balaban J connectivity index is 2.22. The molecular weight excluding hydrogens is 168 g/mol. The lowest BCUT2D eigenvalue weighted by Gasteiger charge is -2.16. The molecule has 1 rings (SSSR count). The van der Waals surface area contributed by atoms with E-state index in [0.29, 0.717) is 13.2 Å². The third-order valence-electron chi connectivity index (χ3n) is 2.18. The Labute approximate surface area is 78.8 Å². The quantitative estimate of drug-likeness (QED) is 0.607. The van der Waals surface area contributed by atoms with Crippen LogP contribution in [0.5, 0.6) is 0 Å². The minimum Gasteiger partial charge on any atom is -0.383 e. The van der Waals surface area contributed by atoms with Gasteiger partial charge in [-0.2, -0.15) is 0 Å². The highest BCUT2D eigenvalue weighted by Gasteiger charge is 2.30. The van der Waals surface area contributed by atoms with Gasteiger partial charge in [0.05, 0.1) is 12.6 Å². The summed E-state index contributed by atoms with van der Waals surface area (Å²) in [6, 6.07) is 0.0862. The topological polar surface area (TPSA) is 64.3 Å². The first-order chi connectivity index (χ1) is 6.27. The van der Waals surface area contributed by atoms with Crippen molar-refractivity contribution in [1.82, 2.24) is 5.32 Å². The number of methoxy groups -OCH3 is 1. The van der Waals surface area contributed by atoms with Gasteiger partial charge in [0.25, 0.3) is 0 Å². The van der Waals surface area contributed by atoms with Gasteiger partial charge in [-0.25, -0.2) is 0 Å². The lowest BCUT2D eigenvalue weighted by Crippen LogP contribution is -2.40. The van der Waals surface area contributed by atoms with Crippen LogP contribution in [0.2, 0.25) is 0 Å². The standard InChI is InChI=1S/C9H18N2O2/c1-13-6-8(4-5-10)11-9(12)7-2-3-7/h7-8H,2-6,10H2,1H3,(H,11,12). The van der Waals surface area contributed by atoms with E-state index in [9.17, 15) is 4.79 Å². The fourth-order valence-corrected chi connectivity index (χ4v) is 1.26. The van der Waals surface area contributed by atoms with Crippen LogP contribution >= 0.6 is 0 Å². The Morgan fingerprint density at radius 2 is 2.38 bits per heavy atom. The van der Waals surface area contributed by atoms with Crippen LogP contribution in [-0.2, 0) is 9.53 Å². The molecule has 1 aliphatic carbocycles. The molecule has 1 fully saturated rings. The number of carbonyl (C=O) groups excluding carboxylic acids is 1. The van der Waals surface area contributed by atoms with Crippen LogP contribution in [0, 0.1) is 5.92 Å². The molecule has 76 valence electrons. The Kier molecular flexibility index (Phi) is 4.18. The maximum absolute atomic E-state index is 11.4. The van der Waals surface area contributed by atoms with Crippen LogP contribution in [0.4, 0.5) is 0 Å². The van der Waals surface area contributed by atoms with Crippen LogP contribution in [0.3, 0.4) is 0 Å². The fraction of sp³-hybridized carbons (Fsp3) is 0.889. The zero-order valence-corrected chi connectivity index (χ0v) is 8.08. The van der Waals surface area contributed by atoms with Crippen molar-refractivity contribution in [2.24, 2.45) is 11.7 Å². The smallest absolute Gasteiger partial charge is 0.223 e. The number of hydrogen-bond donors (Lipinski definition) is 2. The van der Waals surface area contributed by atoms with Crippen LogP contribution < -0.4 is 11.1 Å². The SMILES string of the molecule is COCC(CCN)NC(=O)C1CC1. The predicted molar refractivity (Wildman–Crippen MR) is 50.2 cm³/mol. The van der Waals surface area contributed by atoms with Crippen LogP contribution in [0.15, 0.2) is 0 Å². The van der Waals surface area contributed by atoms with E-state index in [1.165, 1.54) is 0 Å². The van der Waals surface area contributed by atoms with E-state index < -0.39 is 0 Å². The molecular formula is C9H18N2O2. The van der Waals surface area contributed by atoms with Gasteiger partial charge >= 0.3 is 0 Å². The molecule has 1 amide bonds. The van der Waals surface area contributed by atoms with Gasteiger partial charge in [-0.1, -0.05) is 0 Å². The maximum atomic E-state index is 11.4. The normalized spacial score (nSPS) is 18.3. The zero-order valence-electron chi connectivity index (χ0n) is 8.08. The van der Waals surface area contributed by atoms with Gasteiger partial charge in [0, 0.05) is 13.0 Å². The Morgan fingerprint density at radius 3 is 2.85 bits per heavy atom. The van der Waals surface area contributed by atoms with E-state index in [2.05, 4.69) is 5.32 Å². The molecule has 0 radical (unpaired) electrons. The highest BCUT2D eigenvalue weighted by molar-refractivity contribution is 5.81. The van der Waals surface area contributed by atoms with Crippen LogP contribution in [0.1, 0.15) is 19.3 Å². The molecule has 0 aromatic carbocycles. The summed E-state index contributed by atoms with van der Waals surface area (Å²) in [5.74, 6) is 0.424. The summed E-state index contributed by atoms with van der Waals surface area (Å²) in [6.07, 6.45) is 2.86. The Hall–Kier alpha value is -0.610. The summed E-state index contributed by atoms with van der Waals surface area (Å²) in [7, 11) is 1.63. The molecule has 1 saturated carbocycles. The predicted octanol–water partition coefficient (Wildman–Crippen LogP) is -0.124. The first-order valence-corrected chi connectivity index (χ1v) is 4.77. The van der Waals surface area contributed by atoms with Crippen molar-refractivity contribution < 1.29 is 9.53 Å². The third kappa shape index (κ3) is 3.74. The number of amides is 1. The van der Waals surface area contributed by atoms with Crippen molar-refractivity contribution >= 4 is 5.91 Å². The molecule has 3 N–H and O–H groups in total. The van der Waals surface area contributed by atoms with Gasteiger partial charge in [-0.05, 0) is 25.8 Å². The van der Waals surface area contributed by atoms with Gasteiger partial charge in [0.15, 0.2) is 0 Å². The highest BCUT2D eigenvalue weighted by atomic mass is 16.5. The minimum atomic E-state index is 0.0862. The number of ether oxygens (including phenoxy) is 1. The second-order valence-electron chi connectivity index (χ2n) is 3.51. The summed E-state index contributed by atoms with van der Waals surface area (Å²) in [5.41, 5.74) is 5.42. The summed E-state index contributed by atoms with van der Waals surface area (Å²) in [6.45, 7) is 1.13. The number of hydrogen-bond acceptors (Lipinski definition) is 3. The van der Waals surface area contributed by atoms with Crippen molar-refractivity contribution in [3.63, 3.8) is 0 Å². The summed E-state index contributed by atoms with van der Waals surface area (Å²) >= 11 is 0. The van der Waals surface area contributed by atoms with Crippen molar-refractivity contribution in [1.29, 1.82) is 0 Å². The molecule has 1 aliphatic rings. The molecule has 1 unspecified atom stereocenters. The van der Waals surface area contributed by atoms with E-state index in [1.807, 2.05) is 0 Å². The van der Waals surface area contributed by atoms with Gasteiger partial charge < -0.3 is 15.8 Å². The highest BCUT2D eigenvalue weighted by Crippen LogP contribution is 2.28. The van der Waals surface area contributed by atoms with Crippen molar-refractivity contribution in [3.05, 3.63) is 0 Å². The lowest BCUT2D eigenvalue weighted by molar-refractivity contribution is -0.123. The van der Waals surface area contributed by atoms with Crippen molar-refractivity contribution in [2.45, 2.75) is 25.3 Å². The summed E-state index contributed by atoms with van der Waals surface area (Å²) in [4.78, 5) is 11.4. The molecule has 0 aromatic heterocycles. The van der Waals surface area contributed by atoms with Crippen LogP contribution in [-0.4, -0.2) is 32.2 Å². The maximum Gasteiger partial charge on any atom is 0.223 e. The van der Waals surface area contributed by atoms with Gasteiger partial charge in [0.2, 0.25) is 5.91 Å². The van der Waals surface area contributed by atoms with Gasteiger partial charge in [0.1, 0.15) is 0 Å². The summed E-state index contributed by atoms with van der Waals surface area (Å²) in [5, 5.41) is 2.94. The molecule has 0 heterocycles. The molecule has 0 spiro atoms. The number of nitrogens with two attached hydrogens (primary N) is 1. The lowest BCUT2D eigenvalue weighted by atomic mass is 10.2. The molecule has 4 heteroatoms. The molecule has 1 atom stereocenters. The zero-order chi connectivity index (χ0) is 9.68. The number of carbonyl (C=O) groups is 1. The molecule has 0 saturated heterocycles. The molecule has 4 nitrogen and oxygen atoms in total. The molecule has 0 aliphatic heterocycles. The fourth-order valence-electron chi connectivity index (χ4n) is 1.26. The van der Waals surface area contributed by atoms with Crippen molar-refractivity contribution in [2.75, 3.05) is 20.3 Å². The van der Waals surface area contributed by atoms with E-state index in [4.69, 9.17) is 10.5 Å². The number of nitrogens with one attached hydrogen (secondary N) is 1. The average Bonchev–Trinajstić information content (AvgIpc) is 2.87. The first-order valence-electron chi connectivity index (χ1n) is 4.77. The second kappa shape index (κ2) is 5.19. The molecule has 0 bridgehead atoms. The third-order valence-corrected chi connectivity index (χ3v) is 2.18. The number of rotatable bonds is 6. The first kappa shape index (κ1) is 10.5. The van der Waals surface area contributed by atoms with Crippen molar-refractivity contribution in [3.8, 4) is 0 Å². The van der Waals surface area contributed by atoms with E-state index in [0.717, 1.165) is 19.3 Å². The van der Waals surface area contributed by atoms with Gasteiger partial charge in [-0.15, -0.1) is 0 Å². The minimum absolute atomic E-state index is 0.0862. The monoisotopic (exact) mass is 186 g/mol. The Bertz CT molecular complexity index is 163. The average molecular weight is 186 g/mol. The Morgan fingerprint density at radius 1 is 1.69 bits per heavy atom. The second-order valence-corrected chi connectivity index (χ2v) is 3.51. The van der Waals surface area contributed by atoms with E-state index >= 15 is 0 Å². The van der Waals surface area contributed by atoms with Gasteiger partial charge in [-0.3, -0.25) is 4.79 Å². The van der Waals surface area contributed by atoms with E-state index in [1.54, 1.807) is 7.11 Å². The molecule has 0 aromatic rings.